The summed E-state index contributed by atoms with van der Waals surface area (Å²) in [5.41, 5.74) is 18.1. The lowest BCUT2D eigenvalue weighted by Crippen LogP contribution is -2.14. The quantitative estimate of drug-likeness (QED) is 0.164. The molecule has 12 rings (SSSR count). The van der Waals surface area contributed by atoms with Crippen molar-refractivity contribution in [3.63, 3.8) is 0 Å². The Morgan fingerprint density at radius 1 is 0.367 bits per heavy atom. The van der Waals surface area contributed by atoms with Crippen LogP contribution >= 0.6 is 0 Å². The predicted octanol–water partition coefficient (Wildman–Crippen LogP) is 15.3. The zero-order valence-electron chi connectivity index (χ0n) is 33.5. The molecule has 0 fully saturated rings. The van der Waals surface area contributed by atoms with E-state index in [1.165, 1.54) is 77.0 Å². The number of para-hydroxylation sites is 3. The van der Waals surface area contributed by atoms with Crippen LogP contribution in [0.1, 0.15) is 25.0 Å². The fourth-order valence-electron chi connectivity index (χ4n) is 10.1. The smallest absolute Gasteiger partial charge is 0.0622 e. The van der Waals surface area contributed by atoms with Gasteiger partial charge < -0.3 is 14.0 Å². The fraction of sp³-hybridized carbons (Fsp3) is 0.0526. The van der Waals surface area contributed by atoms with Gasteiger partial charge in [-0.2, -0.15) is 0 Å². The van der Waals surface area contributed by atoms with Gasteiger partial charge in [-0.1, -0.05) is 153 Å². The summed E-state index contributed by atoms with van der Waals surface area (Å²) in [4.78, 5) is 2.40. The van der Waals surface area contributed by atoms with E-state index in [9.17, 15) is 0 Å². The fourth-order valence-corrected chi connectivity index (χ4v) is 10.1. The molecular formula is C57H41N3. The maximum absolute atomic E-state index is 2.49. The molecule has 9 aromatic carbocycles. The second-order valence-corrected chi connectivity index (χ2v) is 16.6. The molecule has 0 radical (unpaired) electrons. The van der Waals surface area contributed by atoms with E-state index in [1.54, 1.807) is 0 Å². The highest BCUT2D eigenvalue weighted by Crippen LogP contribution is 2.53. The average Bonchev–Trinajstić information content (AvgIpc) is 3.91. The van der Waals surface area contributed by atoms with Gasteiger partial charge in [-0.05, 0) is 101 Å². The van der Waals surface area contributed by atoms with Crippen LogP contribution in [0.25, 0.3) is 77.2 Å². The van der Waals surface area contributed by atoms with Crippen LogP contribution in [0.3, 0.4) is 0 Å². The van der Waals surface area contributed by atoms with Gasteiger partial charge in [0.05, 0.1) is 22.1 Å². The predicted molar refractivity (Wildman–Crippen MR) is 253 cm³/mol. The van der Waals surface area contributed by atoms with Gasteiger partial charge in [-0.3, -0.25) is 0 Å². The Kier molecular flexibility index (Phi) is 7.58. The highest BCUT2D eigenvalue weighted by atomic mass is 15.1. The van der Waals surface area contributed by atoms with Crippen LogP contribution in [0, 0.1) is 0 Å². The van der Waals surface area contributed by atoms with E-state index in [-0.39, 0.29) is 5.41 Å². The third kappa shape index (κ3) is 5.09. The van der Waals surface area contributed by atoms with Crippen molar-refractivity contribution in [2.24, 2.45) is 0 Å². The Morgan fingerprint density at radius 2 is 0.933 bits per heavy atom. The lowest BCUT2D eigenvalue weighted by Gasteiger charge is -2.27. The molecule has 60 heavy (non-hydrogen) atoms. The summed E-state index contributed by atoms with van der Waals surface area (Å²) >= 11 is 0. The van der Waals surface area contributed by atoms with E-state index in [4.69, 9.17) is 0 Å². The summed E-state index contributed by atoms with van der Waals surface area (Å²) in [5.74, 6) is 0. The highest BCUT2D eigenvalue weighted by molar-refractivity contribution is 6.16. The van der Waals surface area contributed by atoms with Gasteiger partial charge in [0.25, 0.3) is 0 Å². The maximum atomic E-state index is 2.49. The van der Waals surface area contributed by atoms with Crippen LogP contribution in [-0.2, 0) is 5.41 Å². The van der Waals surface area contributed by atoms with Crippen molar-refractivity contribution in [1.29, 1.82) is 0 Å². The number of fused-ring (bicyclic) bond motifs is 10. The molecule has 2 heterocycles. The van der Waals surface area contributed by atoms with Crippen LogP contribution in [0.2, 0.25) is 0 Å². The normalized spacial score (nSPS) is 13.0. The van der Waals surface area contributed by atoms with Crippen LogP contribution in [0.15, 0.2) is 212 Å². The minimum Gasteiger partial charge on any atom is -0.310 e. The first-order valence-corrected chi connectivity index (χ1v) is 20.9. The van der Waals surface area contributed by atoms with Gasteiger partial charge in [-0.25, -0.2) is 0 Å². The lowest BCUT2D eigenvalue weighted by molar-refractivity contribution is 0.661. The zero-order chi connectivity index (χ0) is 40.0. The molecule has 11 aromatic rings. The molecule has 0 N–H and O–H groups in total. The minimum absolute atomic E-state index is 0.0895. The van der Waals surface area contributed by atoms with E-state index >= 15 is 0 Å². The van der Waals surface area contributed by atoms with Crippen molar-refractivity contribution in [3.05, 3.63) is 223 Å². The van der Waals surface area contributed by atoms with E-state index in [2.05, 4.69) is 240 Å². The number of nitrogens with zero attached hydrogens (tertiary/aromatic N) is 3. The Balaban J connectivity index is 1.05. The number of rotatable bonds is 6. The van der Waals surface area contributed by atoms with Gasteiger partial charge in [0, 0.05) is 61.0 Å². The largest absolute Gasteiger partial charge is 0.310 e. The molecule has 0 amide bonds. The topological polar surface area (TPSA) is 13.1 Å². The summed E-state index contributed by atoms with van der Waals surface area (Å²) in [7, 11) is 0. The van der Waals surface area contributed by atoms with Crippen molar-refractivity contribution >= 4 is 60.7 Å². The molecule has 1 aliphatic rings. The molecule has 0 bridgehead atoms. The van der Waals surface area contributed by atoms with Crippen LogP contribution in [0.4, 0.5) is 17.1 Å². The first-order chi connectivity index (χ1) is 29.5. The van der Waals surface area contributed by atoms with E-state index in [0.717, 1.165) is 28.4 Å². The third-order valence-electron chi connectivity index (χ3n) is 12.9. The second-order valence-electron chi connectivity index (χ2n) is 16.6. The van der Waals surface area contributed by atoms with Crippen molar-refractivity contribution in [2.45, 2.75) is 19.3 Å². The molecule has 2 aromatic heterocycles. The van der Waals surface area contributed by atoms with Crippen molar-refractivity contribution in [3.8, 4) is 33.6 Å². The Hall–Kier alpha value is -7.62. The monoisotopic (exact) mass is 767 g/mol. The number of benzene rings is 9. The van der Waals surface area contributed by atoms with Gasteiger partial charge in [0.15, 0.2) is 0 Å². The molecule has 1 aliphatic carbocycles. The molecule has 3 heteroatoms. The average molecular weight is 768 g/mol. The van der Waals surface area contributed by atoms with Gasteiger partial charge in [0.2, 0.25) is 0 Å². The summed E-state index contributed by atoms with van der Waals surface area (Å²) in [6.45, 7) is 4.73. The summed E-state index contributed by atoms with van der Waals surface area (Å²) in [6.07, 6.45) is 0. The van der Waals surface area contributed by atoms with Gasteiger partial charge in [-0.15, -0.1) is 0 Å². The zero-order valence-corrected chi connectivity index (χ0v) is 33.5. The Bertz CT molecular complexity index is 3400. The standard InChI is InChI=1S/C57H41N3/c1-57(2)50-26-10-6-25-49(50)55-51(57)35-34-48-47-24-9-13-29-54(47)60(56(48)55)41-32-30-40(31-33-41)58(42-19-14-18-39(36-42)38-16-4-3-5-17-38)43-20-15-21-44(37-43)59-52-27-11-7-22-45(52)46-23-8-12-28-53(46)59/h3-37H,1-2H3. The molecule has 0 unspecified atom stereocenters. The van der Waals surface area contributed by atoms with Gasteiger partial charge in [0.1, 0.15) is 0 Å². The SMILES string of the molecule is CC1(C)c2ccccc2-c2c1ccc1c3ccccc3n(-c3ccc(N(c4cccc(-c5ccccc5)c4)c4cccc(-n5c6ccccc6c6ccccc65)c4)cc3)c21. The first-order valence-electron chi connectivity index (χ1n) is 20.9. The maximum Gasteiger partial charge on any atom is 0.0622 e. The van der Waals surface area contributed by atoms with Crippen molar-refractivity contribution in [1.82, 2.24) is 9.13 Å². The Morgan fingerprint density at radius 3 is 1.65 bits per heavy atom. The molecule has 0 aliphatic heterocycles. The third-order valence-corrected chi connectivity index (χ3v) is 12.9. The molecule has 0 spiro atoms. The molecular weight excluding hydrogens is 727 g/mol. The summed E-state index contributed by atoms with van der Waals surface area (Å²) in [6, 6.07) is 77.7. The second kappa shape index (κ2) is 13.2. The van der Waals surface area contributed by atoms with Crippen molar-refractivity contribution in [2.75, 3.05) is 4.90 Å². The molecule has 0 atom stereocenters. The highest BCUT2D eigenvalue weighted by Gasteiger charge is 2.37. The number of anilines is 3. The Labute approximate surface area is 349 Å². The molecule has 0 saturated heterocycles. The van der Waals surface area contributed by atoms with Crippen molar-refractivity contribution < 1.29 is 0 Å². The lowest BCUT2D eigenvalue weighted by atomic mass is 9.82. The number of aromatic nitrogens is 2. The van der Waals surface area contributed by atoms with Crippen LogP contribution < -0.4 is 4.90 Å². The molecule has 0 saturated carbocycles. The minimum atomic E-state index is -0.0895. The van der Waals surface area contributed by atoms with E-state index in [1.807, 2.05) is 0 Å². The summed E-state index contributed by atoms with van der Waals surface area (Å²) < 4.78 is 4.89. The molecule has 3 nitrogen and oxygen atoms in total. The number of hydrogen-bond donors (Lipinski definition) is 0. The van der Waals surface area contributed by atoms with E-state index < -0.39 is 0 Å². The molecule has 284 valence electrons. The van der Waals surface area contributed by atoms with Crippen LogP contribution in [-0.4, -0.2) is 9.13 Å². The van der Waals surface area contributed by atoms with Crippen LogP contribution in [0.5, 0.6) is 0 Å². The van der Waals surface area contributed by atoms with Gasteiger partial charge >= 0.3 is 0 Å². The number of hydrogen-bond acceptors (Lipinski definition) is 1. The summed E-state index contributed by atoms with van der Waals surface area (Å²) in [5, 5.41) is 5.05. The van der Waals surface area contributed by atoms with E-state index in [0.29, 0.717) is 0 Å². The first kappa shape index (κ1) is 34.4.